The Morgan fingerprint density at radius 1 is 1.33 bits per heavy atom. The molecule has 0 aliphatic rings. The van der Waals surface area contributed by atoms with Crippen molar-refractivity contribution in [3.63, 3.8) is 0 Å². The summed E-state index contributed by atoms with van der Waals surface area (Å²) >= 11 is 3.51. The van der Waals surface area contributed by atoms with Crippen LogP contribution in [0.4, 0.5) is 0 Å². The topological polar surface area (TPSA) is 49.3 Å². The Morgan fingerprint density at radius 2 is 2.19 bits per heavy atom. The number of hydrogen-bond donors (Lipinski definition) is 2. The van der Waals surface area contributed by atoms with Crippen molar-refractivity contribution >= 4 is 28.6 Å². The molecule has 2 heterocycles. The van der Waals surface area contributed by atoms with Gasteiger partial charge >= 0.3 is 0 Å². The third-order valence-electron chi connectivity index (χ3n) is 3.18. The molecule has 21 heavy (non-hydrogen) atoms. The molecule has 2 aromatic heterocycles. The summed E-state index contributed by atoms with van der Waals surface area (Å²) < 4.78 is 0. The maximum Gasteiger partial charge on any atom is 0.191 e. The molecule has 2 N–H and O–H groups in total. The lowest BCUT2D eigenvalue weighted by molar-refractivity contribution is 0.787. The van der Waals surface area contributed by atoms with Gasteiger partial charge in [-0.3, -0.25) is 4.99 Å². The summed E-state index contributed by atoms with van der Waals surface area (Å²) in [5.41, 5.74) is 2.49. The van der Waals surface area contributed by atoms with Gasteiger partial charge in [0, 0.05) is 30.3 Å². The van der Waals surface area contributed by atoms with Crippen LogP contribution in [-0.4, -0.2) is 24.5 Å². The predicted octanol–water partition coefficient (Wildman–Crippen LogP) is 2.98. The first-order valence-electron chi connectivity index (χ1n) is 7.13. The summed E-state index contributed by atoms with van der Waals surface area (Å²) in [7, 11) is 1.80. The number of guanidine groups is 1. The van der Waals surface area contributed by atoms with Gasteiger partial charge in [0.25, 0.3) is 0 Å². The van der Waals surface area contributed by atoms with Gasteiger partial charge in [-0.15, -0.1) is 22.7 Å². The summed E-state index contributed by atoms with van der Waals surface area (Å²) in [5, 5.41) is 12.2. The first-order chi connectivity index (χ1) is 10.2. The van der Waals surface area contributed by atoms with Crippen molar-refractivity contribution in [1.82, 2.24) is 15.6 Å². The first kappa shape index (κ1) is 16.0. The van der Waals surface area contributed by atoms with E-state index in [1.165, 1.54) is 15.4 Å². The van der Waals surface area contributed by atoms with E-state index in [-0.39, 0.29) is 0 Å². The Hall–Kier alpha value is -1.40. The zero-order chi connectivity index (χ0) is 15.1. The van der Waals surface area contributed by atoms with E-state index in [0.29, 0.717) is 0 Å². The van der Waals surface area contributed by atoms with Crippen LogP contribution in [0.3, 0.4) is 0 Å². The van der Waals surface area contributed by atoms with Gasteiger partial charge in [-0.05, 0) is 30.4 Å². The number of rotatable bonds is 6. The molecule has 0 bridgehead atoms. The maximum absolute atomic E-state index is 4.57. The van der Waals surface area contributed by atoms with Gasteiger partial charge in [-0.25, -0.2) is 4.98 Å². The molecule has 0 radical (unpaired) electrons. The summed E-state index contributed by atoms with van der Waals surface area (Å²) in [4.78, 5) is 10.2. The minimum absolute atomic E-state index is 0.819. The number of hydrogen-bond acceptors (Lipinski definition) is 4. The number of nitrogens with one attached hydrogen (secondary N) is 2. The standard InChI is InChI=1S/C15H22N4S2/c1-4-14-19-12(10-21-14)5-7-17-15(16-3)18-9-13-11(2)6-8-20-13/h6,8,10H,4-5,7,9H2,1-3H3,(H2,16,17,18). The van der Waals surface area contributed by atoms with E-state index in [0.717, 1.165) is 37.6 Å². The van der Waals surface area contributed by atoms with Crippen LogP contribution in [0.2, 0.25) is 0 Å². The Labute approximate surface area is 134 Å². The van der Waals surface area contributed by atoms with Gasteiger partial charge in [-0.2, -0.15) is 0 Å². The summed E-state index contributed by atoms with van der Waals surface area (Å²) in [6.07, 6.45) is 1.94. The number of aromatic nitrogens is 1. The van der Waals surface area contributed by atoms with Crippen LogP contribution >= 0.6 is 22.7 Å². The van der Waals surface area contributed by atoms with Crippen molar-refractivity contribution in [2.75, 3.05) is 13.6 Å². The number of thiazole rings is 1. The molecule has 4 nitrogen and oxygen atoms in total. The molecule has 0 saturated heterocycles. The van der Waals surface area contributed by atoms with E-state index in [4.69, 9.17) is 0 Å². The van der Waals surface area contributed by atoms with E-state index in [9.17, 15) is 0 Å². The lowest BCUT2D eigenvalue weighted by atomic mass is 10.3. The zero-order valence-electron chi connectivity index (χ0n) is 12.8. The van der Waals surface area contributed by atoms with Gasteiger partial charge in [0.1, 0.15) is 0 Å². The smallest absolute Gasteiger partial charge is 0.191 e. The molecular formula is C15H22N4S2. The number of nitrogens with zero attached hydrogens (tertiary/aromatic N) is 2. The summed E-state index contributed by atoms with van der Waals surface area (Å²) in [6.45, 7) is 5.94. The third-order valence-corrected chi connectivity index (χ3v) is 5.25. The lowest BCUT2D eigenvalue weighted by Gasteiger charge is -2.11. The van der Waals surface area contributed by atoms with Crippen molar-refractivity contribution < 1.29 is 0 Å². The minimum Gasteiger partial charge on any atom is -0.356 e. The van der Waals surface area contributed by atoms with E-state index in [2.05, 4.69) is 51.3 Å². The van der Waals surface area contributed by atoms with Crippen molar-refractivity contribution in [2.45, 2.75) is 33.2 Å². The summed E-state index contributed by atoms with van der Waals surface area (Å²) in [6, 6.07) is 2.14. The molecule has 2 rings (SSSR count). The molecule has 0 fully saturated rings. The molecule has 0 atom stereocenters. The molecule has 0 aliphatic carbocycles. The van der Waals surface area contributed by atoms with Crippen LogP contribution in [-0.2, 0) is 19.4 Å². The van der Waals surface area contributed by atoms with Crippen LogP contribution in [0.1, 0.15) is 28.1 Å². The van der Waals surface area contributed by atoms with Crippen LogP contribution in [0.5, 0.6) is 0 Å². The van der Waals surface area contributed by atoms with Gasteiger partial charge in [0.2, 0.25) is 0 Å². The Morgan fingerprint density at radius 3 is 2.81 bits per heavy atom. The maximum atomic E-state index is 4.57. The second kappa shape index (κ2) is 8.14. The average molecular weight is 323 g/mol. The van der Waals surface area contributed by atoms with E-state index in [1.807, 2.05) is 0 Å². The second-order valence-corrected chi connectivity index (χ2v) is 6.66. The molecular weight excluding hydrogens is 300 g/mol. The monoisotopic (exact) mass is 322 g/mol. The largest absolute Gasteiger partial charge is 0.356 e. The first-order valence-corrected chi connectivity index (χ1v) is 8.89. The number of aliphatic imine (C=N–C) groups is 1. The molecule has 0 unspecified atom stereocenters. The molecule has 0 amide bonds. The minimum atomic E-state index is 0.819. The van der Waals surface area contributed by atoms with E-state index in [1.54, 1.807) is 29.7 Å². The van der Waals surface area contributed by atoms with E-state index >= 15 is 0 Å². The van der Waals surface area contributed by atoms with Crippen LogP contribution in [0.25, 0.3) is 0 Å². The molecule has 0 saturated carbocycles. The highest BCUT2D eigenvalue weighted by molar-refractivity contribution is 7.10. The fourth-order valence-electron chi connectivity index (χ4n) is 1.90. The fourth-order valence-corrected chi connectivity index (χ4v) is 3.53. The highest BCUT2D eigenvalue weighted by Gasteiger charge is 2.03. The predicted molar refractivity (Wildman–Crippen MR) is 92.5 cm³/mol. The molecule has 0 aliphatic heterocycles. The second-order valence-electron chi connectivity index (χ2n) is 4.72. The van der Waals surface area contributed by atoms with Crippen LogP contribution in [0.15, 0.2) is 21.8 Å². The van der Waals surface area contributed by atoms with Crippen molar-refractivity contribution in [3.05, 3.63) is 38.0 Å². The summed E-state index contributed by atoms with van der Waals surface area (Å²) in [5.74, 6) is 0.841. The van der Waals surface area contributed by atoms with Gasteiger partial charge < -0.3 is 10.6 Å². The Kier molecular flexibility index (Phi) is 6.20. The normalized spacial score (nSPS) is 11.7. The molecule has 114 valence electrons. The Bertz CT molecular complexity index is 586. The quantitative estimate of drug-likeness (QED) is 0.635. The van der Waals surface area contributed by atoms with E-state index < -0.39 is 0 Å². The molecule has 2 aromatic rings. The number of thiophene rings is 1. The van der Waals surface area contributed by atoms with Crippen molar-refractivity contribution in [2.24, 2.45) is 4.99 Å². The zero-order valence-corrected chi connectivity index (χ0v) is 14.4. The van der Waals surface area contributed by atoms with Crippen molar-refractivity contribution in [1.29, 1.82) is 0 Å². The molecule has 6 heteroatoms. The molecule has 0 spiro atoms. The van der Waals surface area contributed by atoms with Gasteiger partial charge in [0.15, 0.2) is 5.96 Å². The van der Waals surface area contributed by atoms with Gasteiger partial charge in [-0.1, -0.05) is 6.92 Å². The fraction of sp³-hybridized carbons (Fsp3) is 0.467. The van der Waals surface area contributed by atoms with Crippen molar-refractivity contribution in [3.8, 4) is 0 Å². The SMILES string of the molecule is CCc1nc(CCNC(=NC)NCc2sccc2C)cs1. The highest BCUT2D eigenvalue weighted by Crippen LogP contribution is 2.14. The Balaban J connectivity index is 1.74. The number of aryl methyl sites for hydroxylation is 2. The third kappa shape index (κ3) is 4.82. The molecule has 0 aromatic carbocycles. The van der Waals surface area contributed by atoms with Gasteiger partial charge in [0.05, 0.1) is 17.2 Å². The highest BCUT2D eigenvalue weighted by atomic mass is 32.1. The van der Waals surface area contributed by atoms with Crippen LogP contribution in [0, 0.1) is 6.92 Å². The average Bonchev–Trinajstić information content (AvgIpc) is 3.11. The van der Waals surface area contributed by atoms with Crippen LogP contribution < -0.4 is 10.6 Å². The lowest BCUT2D eigenvalue weighted by Crippen LogP contribution is -2.37.